The summed E-state index contributed by atoms with van der Waals surface area (Å²) in [6, 6.07) is 0.000390. The number of morpholine rings is 1. The highest BCUT2D eigenvalue weighted by Crippen LogP contribution is 2.10. The zero-order chi connectivity index (χ0) is 11.3. The van der Waals surface area contributed by atoms with Gasteiger partial charge in [-0.2, -0.15) is 0 Å². The molecule has 0 aromatic carbocycles. The molecule has 1 saturated heterocycles. The minimum atomic E-state index is 0.000390. The van der Waals surface area contributed by atoms with Gasteiger partial charge in [0, 0.05) is 25.6 Å². The van der Waals surface area contributed by atoms with Gasteiger partial charge >= 0.3 is 0 Å². The second-order valence-electron chi connectivity index (χ2n) is 4.11. The van der Waals surface area contributed by atoms with Gasteiger partial charge in [0.25, 0.3) is 0 Å². The van der Waals surface area contributed by atoms with E-state index in [1.54, 1.807) is 0 Å². The third-order valence-electron chi connectivity index (χ3n) is 2.91. The van der Waals surface area contributed by atoms with Gasteiger partial charge in [0.1, 0.15) is 0 Å². The summed E-state index contributed by atoms with van der Waals surface area (Å²) >= 11 is 0. The van der Waals surface area contributed by atoms with Crippen LogP contribution in [0.4, 0.5) is 0 Å². The maximum atomic E-state index is 11.8. The van der Waals surface area contributed by atoms with Crippen LogP contribution in [-0.2, 0) is 9.53 Å². The fraction of sp³-hybridized carbons (Fsp3) is 0.909. The number of hydrogen-bond acceptors (Lipinski definition) is 3. The molecule has 0 spiro atoms. The van der Waals surface area contributed by atoms with Crippen molar-refractivity contribution in [3.8, 4) is 0 Å². The predicted molar refractivity (Wildman–Crippen MR) is 59.5 cm³/mol. The van der Waals surface area contributed by atoms with Crippen LogP contribution in [0, 0.1) is 0 Å². The van der Waals surface area contributed by atoms with Gasteiger partial charge in [-0.15, -0.1) is 0 Å². The molecule has 2 unspecified atom stereocenters. The molecule has 1 aliphatic rings. The summed E-state index contributed by atoms with van der Waals surface area (Å²) in [5.74, 6) is 0.172. The van der Waals surface area contributed by atoms with E-state index < -0.39 is 0 Å². The van der Waals surface area contributed by atoms with Crippen molar-refractivity contribution in [1.82, 2.24) is 4.90 Å². The number of amides is 1. The molecular formula is C11H22N2O2. The van der Waals surface area contributed by atoms with Crippen molar-refractivity contribution in [1.29, 1.82) is 0 Å². The van der Waals surface area contributed by atoms with Crippen molar-refractivity contribution >= 4 is 5.91 Å². The Hall–Kier alpha value is -0.610. The van der Waals surface area contributed by atoms with Crippen LogP contribution in [0.1, 0.15) is 33.1 Å². The lowest BCUT2D eigenvalue weighted by atomic mass is 10.1. The Labute approximate surface area is 91.8 Å². The zero-order valence-electron chi connectivity index (χ0n) is 9.74. The topological polar surface area (TPSA) is 55.6 Å². The average molecular weight is 214 g/mol. The Morgan fingerprint density at radius 2 is 2.33 bits per heavy atom. The lowest BCUT2D eigenvalue weighted by molar-refractivity contribution is -0.139. The van der Waals surface area contributed by atoms with E-state index in [9.17, 15) is 4.79 Å². The van der Waals surface area contributed by atoms with Gasteiger partial charge in [-0.25, -0.2) is 0 Å². The number of carbonyl (C=O) groups excluding carboxylic acids is 1. The van der Waals surface area contributed by atoms with Gasteiger partial charge in [-0.05, 0) is 12.8 Å². The Bertz CT molecular complexity index is 209. The molecular weight excluding hydrogens is 192 g/mol. The second kappa shape index (κ2) is 6.08. The van der Waals surface area contributed by atoms with Crippen LogP contribution in [0.2, 0.25) is 0 Å². The Balaban J connectivity index is 2.38. The highest BCUT2D eigenvalue weighted by molar-refractivity contribution is 5.76. The number of carbonyl (C=O) groups is 1. The number of ether oxygens (including phenoxy) is 1. The summed E-state index contributed by atoms with van der Waals surface area (Å²) in [4.78, 5) is 13.7. The molecule has 4 heteroatoms. The molecule has 0 aliphatic carbocycles. The van der Waals surface area contributed by atoms with Crippen molar-refractivity contribution in [3.05, 3.63) is 0 Å². The van der Waals surface area contributed by atoms with E-state index in [0.29, 0.717) is 19.6 Å². The van der Waals surface area contributed by atoms with E-state index in [-0.39, 0.29) is 18.1 Å². The molecule has 1 amide bonds. The first-order chi connectivity index (χ1) is 7.17. The molecule has 88 valence electrons. The number of nitrogens with two attached hydrogens (primary N) is 1. The number of rotatable bonds is 4. The van der Waals surface area contributed by atoms with Crippen LogP contribution in [0.25, 0.3) is 0 Å². The van der Waals surface area contributed by atoms with E-state index in [1.807, 2.05) is 11.8 Å². The highest BCUT2D eigenvalue weighted by Gasteiger charge is 2.23. The Morgan fingerprint density at radius 3 is 2.93 bits per heavy atom. The third-order valence-corrected chi connectivity index (χ3v) is 2.91. The standard InChI is InChI=1S/C11H22N2O2/c1-3-9(12)7-11(14)13-5-6-15-10(4-2)8-13/h9-10H,3-8,12H2,1-2H3. The molecule has 0 saturated carbocycles. The molecule has 0 aromatic heterocycles. The normalized spacial score (nSPS) is 23.9. The van der Waals surface area contributed by atoms with Gasteiger partial charge < -0.3 is 15.4 Å². The molecule has 4 nitrogen and oxygen atoms in total. The molecule has 0 radical (unpaired) electrons. The first kappa shape index (κ1) is 12.5. The van der Waals surface area contributed by atoms with Crippen molar-refractivity contribution in [2.45, 2.75) is 45.3 Å². The molecule has 2 atom stereocenters. The molecule has 1 aliphatic heterocycles. The number of nitrogens with zero attached hydrogens (tertiary/aromatic N) is 1. The summed E-state index contributed by atoms with van der Waals surface area (Å²) in [5.41, 5.74) is 5.77. The zero-order valence-corrected chi connectivity index (χ0v) is 9.74. The first-order valence-electron chi connectivity index (χ1n) is 5.82. The van der Waals surface area contributed by atoms with Crippen LogP contribution in [0.15, 0.2) is 0 Å². The van der Waals surface area contributed by atoms with Gasteiger partial charge in [0.15, 0.2) is 0 Å². The highest BCUT2D eigenvalue weighted by atomic mass is 16.5. The Kier molecular flexibility index (Phi) is 5.05. The van der Waals surface area contributed by atoms with Crippen LogP contribution >= 0.6 is 0 Å². The summed E-state index contributed by atoms with van der Waals surface area (Å²) in [5, 5.41) is 0. The van der Waals surface area contributed by atoms with Crippen molar-refractivity contribution in [2.24, 2.45) is 5.73 Å². The summed E-state index contributed by atoms with van der Waals surface area (Å²) < 4.78 is 5.51. The van der Waals surface area contributed by atoms with Crippen molar-refractivity contribution in [2.75, 3.05) is 19.7 Å². The van der Waals surface area contributed by atoms with Crippen LogP contribution in [-0.4, -0.2) is 42.6 Å². The minimum Gasteiger partial charge on any atom is -0.375 e. The predicted octanol–water partition coefficient (Wildman–Crippen LogP) is 0.751. The maximum absolute atomic E-state index is 11.8. The van der Waals surface area contributed by atoms with Gasteiger partial charge in [-0.3, -0.25) is 4.79 Å². The van der Waals surface area contributed by atoms with Crippen molar-refractivity contribution in [3.63, 3.8) is 0 Å². The van der Waals surface area contributed by atoms with E-state index >= 15 is 0 Å². The van der Waals surface area contributed by atoms with Crippen LogP contribution in [0.3, 0.4) is 0 Å². The van der Waals surface area contributed by atoms with Crippen molar-refractivity contribution < 1.29 is 9.53 Å². The van der Waals surface area contributed by atoms with Crippen LogP contribution < -0.4 is 5.73 Å². The fourth-order valence-electron chi connectivity index (χ4n) is 1.69. The van der Waals surface area contributed by atoms with Gasteiger partial charge in [0.05, 0.1) is 12.7 Å². The van der Waals surface area contributed by atoms with E-state index in [1.165, 1.54) is 0 Å². The molecule has 1 fully saturated rings. The van der Waals surface area contributed by atoms with E-state index in [4.69, 9.17) is 10.5 Å². The molecule has 2 N–H and O–H groups in total. The average Bonchev–Trinajstić information content (AvgIpc) is 2.28. The molecule has 0 aromatic rings. The molecule has 1 rings (SSSR count). The SMILES string of the molecule is CCC(N)CC(=O)N1CCOC(CC)C1. The van der Waals surface area contributed by atoms with Gasteiger partial charge in [-0.1, -0.05) is 13.8 Å². The molecule has 1 heterocycles. The smallest absolute Gasteiger partial charge is 0.224 e. The Morgan fingerprint density at radius 1 is 1.60 bits per heavy atom. The lowest BCUT2D eigenvalue weighted by Gasteiger charge is -2.33. The molecule has 0 bridgehead atoms. The van der Waals surface area contributed by atoms with Crippen LogP contribution in [0.5, 0.6) is 0 Å². The summed E-state index contributed by atoms with van der Waals surface area (Å²) in [6.45, 7) is 6.19. The third kappa shape index (κ3) is 3.80. The second-order valence-corrected chi connectivity index (χ2v) is 4.11. The van der Waals surface area contributed by atoms with E-state index in [0.717, 1.165) is 19.4 Å². The lowest BCUT2D eigenvalue weighted by Crippen LogP contribution is -2.46. The molecule has 15 heavy (non-hydrogen) atoms. The monoisotopic (exact) mass is 214 g/mol. The first-order valence-corrected chi connectivity index (χ1v) is 5.82. The summed E-state index contributed by atoms with van der Waals surface area (Å²) in [6.07, 6.45) is 2.49. The maximum Gasteiger partial charge on any atom is 0.224 e. The largest absolute Gasteiger partial charge is 0.375 e. The van der Waals surface area contributed by atoms with E-state index in [2.05, 4.69) is 6.92 Å². The van der Waals surface area contributed by atoms with Gasteiger partial charge in [0.2, 0.25) is 5.91 Å². The fourth-order valence-corrected chi connectivity index (χ4v) is 1.69. The quantitative estimate of drug-likeness (QED) is 0.751. The summed E-state index contributed by atoms with van der Waals surface area (Å²) in [7, 11) is 0. The number of hydrogen-bond donors (Lipinski definition) is 1. The minimum absolute atomic E-state index is 0.000390.